The molecule has 3 aromatic rings. The van der Waals surface area contributed by atoms with Crippen LogP contribution < -0.4 is 0 Å². The molecule has 0 amide bonds. The molecule has 0 saturated heterocycles. The Morgan fingerprint density at radius 2 is 1.71 bits per heavy atom. The van der Waals surface area contributed by atoms with Crippen LogP contribution in [0.15, 0.2) is 81.7 Å². The Bertz CT molecular complexity index is 1130. The van der Waals surface area contributed by atoms with E-state index in [-0.39, 0.29) is 5.04 Å². The number of hydrogen-bond donors (Lipinski definition) is 0. The van der Waals surface area contributed by atoms with E-state index in [9.17, 15) is 9.00 Å². The minimum Gasteiger partial charge on any atom is -0.464 e. The molecule has 3 aromatic carbocycles. The largest absolute Gasteiger partial charge is 0.464 e. The number of carbonyl (C=O) groups excluding carboxylic acids is 1. The van der Waals surface area contributed by atoms with Gasteiger partial charge in [-0.3, -0.25) is 4.28 Å². The predicted molar refractivity (Wildman–Crippen MR) is 115 cm³/mol. The Kier molecular flexibility index (Phi) is 6.06. The van der Waals surface area contributed by atoms with E-state index in [2.05, 4.69) is 11.0 Å². The second-order valence-electron chi connectivity index (χ2n) is 5.97. The summed E-state index contributed by atoms with van der Waals surface area (Å²) in [6.45, 7) is 1.97. The van der Waals surface area contributed by atoms with Gasteiger partial charge in [-0.05, 0) is 36.4 Å². The standard InChI is InChI=1S/C21H19NO4S2/c1-15-11-13-17(14-12-15)27-20(21(23)25-2)22-26-28(3,24)19-10-6-8-16-7-4-5-9-18(16)19/h4-14H,3H2,1-2H3/b22-20-. The molecule has 1 unspecified atom stereocenters. The van der Waals surface area contributed by atoms with Crippen LogP contribution in [0.2, 0.25) is 0 Å². The van der Waals surface area contributed by atoms with E-state index in [1.165, 1.54) is 7.11 Å². The maximum atomic E-state index is 13.1. The number of methoxy groups -OCH3 is 1. The van der Waals surface area contributed by atoms with Gasteiger partial charge in [0.25, 0.3) is 0 Å². The molecule has 0 bridgehead atoms. The van der Waals surface area contributed by atoms with Crippen molar-refractivity contribution in [3.05, 3.63) is 72.3 Å². The molecule has 144 valence electrons. The van der Waals surface area contributed by atoms with Gasteiger partial charge in [0.1, 0.15) is 0 Å². The highest BCUT2D eigenvalue weighted by Crippen LogP contribution is 2.26. The van der Waals surface area contributed by atoms with Gasteiger partial charge in [-0.1, -0.05) is 71.0 Å². The first-order valence-electron chi connectivity index (χ1n) is 8.35. The smallest absolute Gasteiger partial charge is 0.367 e. The van der Waals surface area contributed by atoms with Crippen LogP contribution in [0, 0.1) is 6.92 Å². The first-order chi connectivity index (χ1) is 13.4. The molecule has 0 radical (unpaired) electrons. The second-order valence-corrected chi connectivity index (χ2v) is 8.85. The maximum absolute atomic E-state index is 13.1. The minimum atomic E-state index is -3.23. The molecular formula is C21H19NO4S2. The van der Waals surface area contributed by atoms with E-state index in [1.54, 1.807) is 12.1 Å². The van der Waals surface area contributed by atoms with Crippen molar-refractivity contribution in [2.75, 3.05) is 7.11 Å². The number of hydrogen-bond acceptors (Lipinski definition) is 6. The molecule has 7 heteroatoms. The number of nitrogens with zero attached hydrogens (tertiary/aromatic N) is 1. The highest BCUT2D eigenvalue weighted by molar-refractivity contribution is 8.15. The summed E-state index contributed by atoms with van der Waals surface area (Å²) < 4.78 is 23.2. The van der Waals surface area contributed by atoms with E-state index in [1.807, 2.05) is 61.5 Å². The van der Waals surface area contributed by atoms with Crippen LogP contribution in [0.4, 0.5) is 0 Å². The molecule has 0 fully saturated rings. The number of rotatable bonds is 4. The first-order valence-corrected chi connectivity index (χ1v) is 10.8. The van der Waals surface area contributed by atoms with Crippen LogP contribution in [0.5, 0.6) is 0 Å². The van der Waals surface area contributed by atoms with Gasteiger partial charge in [-0.25, -0.2) is 9.00 Å². The van der Waals surface area contributed by atoms with Crippen LogP contribution in [0.25, 0.3) is 10.8 Å². The monoisotopic (exact) mass is 413 g/mol. The average Bonchev–Trinajstić information content (AvgIpc) is 2.71. The fourth-order valence-corrected chi connectivity index (χ4v) is 4.37. The Labute approximate surface area is 168 Å². The number of benzene rings is 3. The van der Waals surface area contributed by atoms with Crippen molar-refractivity contribution >= 4 is 49.2 Å². The van der Waals surface area contributed by atoms with E-state index in [0.29, 0.717) is 4.90 Å². The molecule has 0 heterocycles. The summed E-state index contributed by atoms with van der Waals surface area (Å²) in [5, 5.41) is 5.43. The molecule has 0 aliphatic rings. The first kappa shape index (κ1) is 20.0. The lowest BCUT2D eigenvalue weighted by Gasteiger charge is -2.11. The quantitative estimate of drug-likeness (QED) is 0.158. The van der Waals surface area contributed by atoms with Gasteiger partial charge in [0.15, 0.2) is 9.80 Å². The number of esters is 1. The molecule has 0 N–H and O–H groups in total. The third-order valence-electron chi connectivity index (χ3n) is 3.92. The van der Waals surface area contributed by atoms with E-state index in [0.717, 1.165) is 33.0 Å². The molecule has 0 aliphatic carbocycles. The van der Waals surface area contributed by atoms with Crippen LogP contribution >= 0.6 is 11.8 Å². The van der Waals surface area contributed by atoms with Crippen LogP contribution in [0.3, 0.4) is 0 Å². The highest BCUT2D eigenvalue weighted by atomic mass is 32.2. The van der Waals surface area contributed by atoms with Crippen LogP contribution in [-0.4, -0.2) is 28.2 Å². The summed E-state index contributed by atoms with van der Waals surface area (Å²) in [6, 6.07) is 20.4. The number of ether oxygens (including phenoxy) is 1. The summed E-state index contributed by atoms with van der Waals surface area (Å²) >= 11 is 1.07. The molecule has 3 rings (SSSR count). The van der Waals surface area contributed by atoms with Gasteiger partial charge in [-0.2, -0.15) is 0 Å². The zero-order chi connectivity index (χ0) is 20.1. The SMILES string of the molecule is C=S(=O)(O/N=C(\Sc1ccc(C)cc1)C(=O)OC)c1cccc2ccccc12. The van der Waals surface area contributed by atoms with Gasteiger partial charge >= 0.3 is 5.97 Å². The molecule has 0 saturated carbocycles. The van der Waals surface area contributed by atoms with Crippen molar-refractivity contribution in [2.24, 2.45) is 5.16 Å². The van der Waals surface area contributed by atoms with Crippen molar-refractivity contribution in [2.45, 2.75) is 16.7 Å². The zero-order valence-electron chi connectivity index (χ0n) is 15.5. The second kappa shape index (κ2) is 8.50. The fraction of sp³-hybridized carbons (Fsp3) is 0.0952. The molecule has 0 aliphatic heterocycles. The number of fused-ring (bicyclic) bond motifs is 1. The Balaban J connectivity index is 1.92. The third-order valence-corrected chi connectivity index (χ3v) is 6.20. The van der Waals surface area contributed by atoms with Crippen LogP contribution in [-0.2, 0) is 23.6 Å². The molecular weight excluding hydrogens is 394 g/mol. The lowest BCUT2D eigenvalue weighted by atomic mass is 10.1. The Hall–Kier alpha value is -2.77. The molecule has 0 aromatic heterocycles. The van der Waals surface area contributed by atoms with Gasteiger partial charge in [0.2, 0.25) is 5.04 Å². The van der Waals surface area contributed by atoms with Crippen molar-refractivity contribution in [1.29, 1.82) is 0 Å². The van der Waals surface area contributed by atoms with Gasteiger partial charge in [0, 0.05) is 10.3 Å². The highest BCUT2D eigenvalue weighted by Gasteiger charge is 2.18. The summed E-state index contributed by atoms with van der Waals surface area (Å²) in [4.78, 5) is 13.3. The Morgan fingerprint density at radius 3 is 2.43 bits per heavy atom. The minimum absolute atomic E-state index is 0.0667. The maximum Gasteiger partial charge on any atom is 0.367 e. The molecule has 1 atom stereocenters. The van der Waals surface area contributed by atoms with Gasteiger partial charge in [0.05, 0.1) is 12.0 Å². The number of aryl methyl sites for hydroxylation is 1. The van der Waals surface area contributed by atoms with Gasteiger partial charge in [-0.15, -0.1) is 0 Å². The van der Waals surface area contributed by atoms with Gasteiger partial charge < -0.3 is 4.74 Å². The lowest BCUT2D eigenvalue weighted by molar-refractivity contribution is -0.132. The summed E-state index contributed by atoms with van der Waals surface area (Å²) in [5.41, 5.74) is 1.09. The molecule has 0 spiro atoms. The normalized spacial score (nSPS) is 13.7. The average molecular weight is 414 g/mol. The van der Waals surface area contributed by atoms with E-state index >= 15 is 0 Å². The fourth-order valence-electron chi connectivity index (χ4n) is 2.50. The predicted octanol–water partition coefficient (Wildman–Crippen LogP) is 4.43. The van der Waals surface area contributed by atoms with Crippen molar-refractivity contribution in [3.63, 3.8) is 0 Å². The third kappa shape index (κ3) is 4.55. The summed E-state index contributed by atoms with van der Waals surface area (Å²) in [7, 11) is -1.98. The Morgan fingerprint density at radius 1 is 1.04 bits per heavy atom. The molecule has 28 heavy (non-hydrogen) atoms. The summed E-state index contributed by atoms with van der Waals surface area (Å²) in [5.74, 6) is 3.02. The van der Waals surface area contributed by atoms with Crippen LogP contribution in [0.1, 0.15) is 5.56 Å². The summed E-state index contributed by atoms with van der Waals surface area (Å²) in [6.07, 6.45) is 0. The van der Waals surface area contributed by atoms with Crippen molar-refractivity contribution in [1.82, 2.24) is 0 Å². The number of oxime groups is 1. The lowest BCUT2D eigenvalue weighted by Crippen LogP contribution is -2.14. The van der Waals surface area contributed by atoms with Crippen molar-refractivity contribution < 1.29 is 18.0 Å². The zero-order valence-corrected chi connectivity index (χ0v) is 17.1. The molecule has 5 nitrogen and oxygen atoms in total. The van der Waals surface area contributed by atoms with E-state index < -0.39 is 15.8 Å². The number of thioether (sulfide) groups is 1. The number of carbonyl (C=O) groups is 1. The van der Waals surface area contributed by atoms with Crippen molar-refractivity contribution in [3.8, 4) is 0 Å². The van der Waals surface area contributed by atoms with E-state index in [4.69, 9.17) is 9.02 Å². The topological polar surface area (TPSA) is 65.0 Å².